The molecule has 0 aromatic heterocycles. The van der Waals surface area contributed by atoms with Crippen LogP contribution in [0.1, 0.15) is 56.9 Å². The van der Waals surface area contributed by atoms with E-state index in [0.29, 0.717) is 0 Å². The first kappa shape index (κ1) is 22.9. The molecule has 0 saturated carbocycles. The summed E-state index contributed by atoms with van der Waals surface area (Å²) < 4.78 is 0. The summed E-state index contributed by atoms with van der Waals surface area (Å²) in [6, 6.07) is 4.59. The fourth-order valence-corrected chi connectivity index (χ4v) is 4.15. The van der Waals surface area contributed by atoms with Gasteiger partial charge in [0.2, 0.25) is 0 Å². The van der Waals surface area contributed by atoms with Crippen LogP contribution in [0, 0.1) is 19.8 Å². The molecule has 154 valence electrons. The molecule has 1 aromatic carbocycles. The van der Waals surface area contributed by atoms with Crippen LogP contribution >= 0.6 is 0 Å². The van der Waals surface area contributed by atoms with Gasteiger partial charge in [-0.3, -0.25) is 0 Å². The van der Waals surface area contributed by atoms with Crippen molar-refractivity contribution in [3.63, 3.8) is 0 Å². The first-order valence-electron chi connectivity index (χ1n) is 10.4. The first-order chi connectivity index (χ1) is 13.5. The Kier molecular flexibility index (Phi) is 7.08. The van der Waals surface area contributed by atoms with Gasteiger partial charge in [0, 0.05) is 5.92 Å². The number of hydrogen-bond acceptors (Lipinski definition) is 1. The van der Waals surface area contributed by atoms with Crippen LogP contribution in [0.4, 0.5) is 0 Å². The highest BCUT2D eigenvalue weighted by molar-refractivity contribution is 5.86. The second-order valence-corrected chi connectivity index (χ2v) is 8.66. The zero-order chi connectivity index (χ0) is 21.9. The Morgan fingerprint density at radius 2 is 1.79 bits per heavy atom. The van der Waals surface area contributed by atoms with Gasteiger partial charge in [0.15, 0.2) is 0 Å². The topological polar surface area (TPSA) is 20.2 Å². The van der Waals surface area contributed by atoms with E-state index < -0.39 is 5.60 Å². The predicted molar refractivity (Wildman–Crippen MR) is 128 cm³/mol. The third-order valence-electron chi connectivity index (χ3n) is 5.91. The molecule has 0 heterocycles. The summed E-state index contributed by atoms with van der Waals surface area (Å²) >= 11 is 0. The van der Waals surface area contributed by atoms with Crippen LogP contribution in [0.2, 0.25) is 0 Å². The minimum Gasteiger partial charge on any atom is -0.386 e. The lowest BCUT2D eigenvalue weighted by molar-refractivity contribution is 0.122. The average molecular weight is 389 g/mol. The van der Waals surface area contributed by atoms with Crippen LogP contribution in [0.25, 0.3) is 5.57 Å². The van der Waals surface area contributed by atoms with Crippen molar-refractivity contribution in [1.82, 2.24) is 0 Å². The number of allylic oxidation sites excluding steroid dienone is 8. The Hall–Kier alpha value is -2.38. The van der Waals surface area contributed by atoms with E-state index >= 15 is 0 Å². The molecule has 0 spiro atoms. The summed E-state index contributed by atoms with van der Waals surface area (Å²) in [4.78, 5) is 0. The third kappa shape index (κ3) is 4.97. The first-order valence-corrected chi connectivity index (χ1v) is 10.4. The van der Waals surface area contributed by atoms with Crippen molar-refractivity contribution in [2.75, 3.05) is 0 Å². The van der Waals surface area contributed by atoms with E-state index in [1.807, 2.05) is 19.9 Å². The van der Waals surface area contributed by atoms with Crippen LogP contribution in [0.15, 0.2) is 78.0 Å². The highest BCUT2D eigenvalue weighted by Crippen LogP contribution is 2.43. The average Bonchev–Trinajstić information content (AvgIpc) is 2.62. The summed E-state index contributed by atoms with van der Waals surface area (Å²) in [6.45, 7) is 22.9. The molecule has 1 N–H and O–H groups in total. The zero-order valence-corrected chi connectivity index (χ0v) is 19.2. The Morgan fingerprint density at radius 3 is 2.34 bits per heavy atom. The number of hydrogen-bond donors (Lipinski definition) is 1. The van der Waals surface area contributed by atoms with Gasteiger partial charge in [0.1, 0.15) is 0 Å². The van der Waals surface area contributed by atoms with Gasteiger partial charge >= 0.3 is 0 Å². The van der Waals surface area contributed by atoms with E-state index in [9.17, 15) is 5.11 Å². The van der Waals surface area contributed by atoms with Crippen molar-refractivity contribution in [3.05, 3.63) is 100 Å². The molecule has 1 unspecified atom stereocenters. The lowest BCUT2D eigenvalue weighted by Crippen LogP contribution is -2.23. The molecule has 0 amide bonds. The van der Waals surface area contributed by atoms with Crippen molar-refractivity contribution in [1.29, 1.82) is 0 Å². The lowest BCUT2D eigenvalue weighted by Gasteiger charge is -2.32. The van der Waals surface area contributed by atoms with Crippen LogP contribution < -0.4 is 0 Å². The summed E-state index contributed by atoms with van der Waals surface area (Å²) in [5.74, 6) is 0.260. The van der Waals surface area contributed by atoms with E-state index in [2.05, 4.69) is 70.4 Å². The minimum atomic E-state index is -0.938. The van der Waals surface area contributed by atoms with Crippen LogP contribution in [-0.4, -0.2) is 10.7 Å². The van der Waals surface area contributed by atoms with E-state index in [-0.39, 0.29) is 5.92 Å². The molecule has 0 radical (unpaired) electrons. The molecule has 1 atom stereocenters. The molecule has 0 bridgehead atoms. The van der Waals surface area contributed by atoms with Gasteiger partial charge in [-0.1, -0.05) is 55.2 Å². The van der Waals surface area contributed by atoms with Crippen molar-refractivity contribution in [3.8, 4) is 0 Å². The quantitative estimate of drug-likeness (QED) is 0.528. The summed E-state index contributed by atoms with van der Waals surface area (Å²) in [7, 11) is 0. The second-order valence-electron chi connectivity index (χ2n) is 8.66. The molecular weight excluding hydrogens is 352 g/mol. The third-order valence-corrected chi connectivity index (χ3v) is 5.91. The highest BCUT2D eigenvalue weighted by atomic mass is 16.3. The molecule has 1 aromatic rings. The molecule has 1 aliphatic carbocycles. The standard InChI is InChI=1S/C28H36O/c1-10-12-13-18(3)24-17-23-14-19(4)20(5)15-26(23)25(22(24)7)16-21(6)27(11-2)28(8,9)29/h10-16,24,29H,6-7,17H2,1-5,8-9H3/b12-10-,18-13+,25-16+,27-11+. The van der Waals surface area contributed by atoms with Gasteiger partial charge in [0.05, 0.1) is 5.60 Å². The number of fused-ring (bicyclic) bond motifs is 1. The van der Waals surface area contributed by atoms with E-state index in [0.717, 1.165) is 28.7 Å². The molecule has 0 saturated heterocycles. The Bertz CT molecular complexity index is 939. The van der Waals surface area contributed by atoms with Gasteiger partial charge in [0.25, 0.3) is 0 Å². The monoisotopic (exact) mass is 388 g/mol. The summed E-state index contributed by atoms with van der Waals surface area (Å²) in [6.07, 6.45) is 11.3. The Labute approximate surface area is 177 Å². The molecule has 1 heteroatoms. The maximum absolute atomic E-state index is 10.6. The summed E-state index contributed by atoms with van der Waals surface area (Å²) in [5.41, 5.74) is 9.46. The maximum Gasteiger partial charge on any atom is 0.0842 e. The number of benzene rings is 1. The Morgan fingerprint density at radius 1 is 1.17 bits per heavy atom. The van der Waals surface area contributed by atoms with E-state index in [1.54, 1.807) is 13.8 Å². The highest BCUT2D eigenvalue weighted by Gasteiger charge is 2.28. The Balaban J connectivity index is 2.67. The fourth-order valence-electron chi connectivity index (χ4n) is 4.15. The van der Waals surface area contributed by atoms with Crippen LogP contribution in [0.3, 0.4) is 0 Å². The summed E-state index contributed by atoms with van der Waals surface area (Å²) in [5, 5.41) is 10.6. The smallest absolute Gasteiger partial charge is 0.0842 e. The van der Waals surface area contributed by atoms with Crippen LogP contribution in [-0.2, 0) is 6.42 Å². The van der Waals surface area contributed by atoms with Crippen molar-refractivity contribution in [2.24, 2.45) is 5.92 Å². The fraction of sp³-hybridized carbons (Fsp3) is 0.357. The molecule has 1 nitrogen and oxygen atoms in total. The molecule has 1 aliphatic rings. The van der Waals surface area contributed by atoms with Crippen molar-refractivity contribution < 1.29 is 5.11 Å². The van der Waals surface area contributed by atoms with E-state index in [4.69, 9.17) is 0 Å². The largest absolute Gasteiger partial charge is 0.386 e. The lowest BCUT2D eigenvalue weighted by atomic mass is 9.72. The van der Waals surface area contributed by atoms with Gasteiger partial charge in [-0.25, -0.2) is 0 Å². The predicted octanol–water partition coefficient (Wildman–Crippen LogP) is 7.21. The molecule has 0 fully saturated rings. The number of aliphatic hydroxyl groups is 1. The normalized spacial score (nSPS) is 19.8. The van der Waals surface area contributed by atoms with Gasteiger partial charge in [-0.2, -0.15) is 0 Å². The molecule has 0 aliphatic heterocycles. The van der Waals surface area contributed by atoms with Crippen LogP contribution in [0.5, 0.6) is 0 Å². The zero-order valence-electron chi connectivity index (χ0n) is 19.2. The van der Waals surface area contributed by atoms with Gasteiger partial charge in [-0.05, 0) is 106 Å². The number of rotatable bonds is 5. The number of aryl methyl sites for hydroxylation is 2. The molecule has 29 heavy (non-hydrogen) atoms. The SMILES string of the molecule is C=C(/C=C1\C(=C)C(/C(C)=C/C=C\C)Cc2cc(C)c(C)cc21)/C(=C\C)C(C)(C)O. The molecule has 2 rings (SSSR count). The van der Waals surface area contributed by atoms with Crippen molar-refractivity contribution >= 4 is 5.57 Å². The van der Waals surface area contributed by atoms with E-state index in [1.165, 1.54) is 27.8 Å². The van der Waals surface area contributed by atoms with Gasteiger partial charge in [-0.15, -0.1) is 0 Å². The van der Waals surface area contributed by atoms with Crippen molar-refractivity contribution in [2.45, 2.75) is 60.5 Å². The molecular formula is C28H36O. The minimum absolute atomic E-state index is 0.260. The maximum atomic E-state index is 10.6. The second kappa shape index (κ2) is 8.97. The van der Waals surface area contributed by atoms with Gasteiger partial charge < -0.3 is 5.11 Å².